The van der Waals surface area contributed by atoms with E-state index in [9.17, 15) is 22.4 Å². The summed E-state index contributed by atoms with van der Waals surface area (Å²) in [5.74, 6) is -6.52. The van der Waals surface area contributed by atoms with E-state index < -0.39 is 23.7 Å². The summed E-state index contributed by atoms with van der Waals surface area (Å²) in [6, 6.07) is 10.4. The molecule has 0 unspecified atom stereocenters. The monoisotopic (exact) mass is 256 g/mol. The number of hydrogen-bond acceptors (Lipinski definition) is 1. The SMILES string of the molecule is O=C(c1cccc2ccccc12)C(F)(F)C(F)F. The van der Waals surface area contributed by atoms with E-state index in [1.807, 2.05) is 0 Å². The number of alkyl halides is 4. The Morgan fingerprint density at radius 1 is 1.00 bits per heavy atom. The van der Waals surface area contributed by atoms with Crippen molar-refractivity contribution in [1.29, 1.82) is 0 Å². The highest BCUT2D eigenvalue weighted by molar-refractivity contribution is 6.11. The van der Waals surface area contributed by atoms with Crippen LogP contribution in [0.3, 0.4) is 0 Å². The number of fused-ring (bicyclic) bond motifs is 1. The molecule has 0 aliphatic heterocycles. The molecule has 0 amide bonds. The van der Waals surface area contributed by atoms with E-state index in [2.05, 4.69) is 0 Å². The second kappa shape index (κ2) is 4.40. The second-order valence-corrected chi connectivity index (χ2v) is 3.78. The minimum Gasteiger partial charge on any atom is -0.287 e. The summed E-state index contributed by atoms with van der Waals surface area (Å²) < 4.78 is 50.5. The van der Waals surface area contributed by atoms with Crippen LogP contribution in [0.25, 0.3) is 10.8 Å². The molecule has 94 valence electrons. The fourth-order valence-electron chi connectivity index (χ4n) is 1.70. The third kappa shape index (κ3) is 1.96. The Bertz CT molecular complexity index is 587. The van der Waals surface area contributed by atoms with Crippen molar-refractivity contribution < 1.29 is 22.4 Å². The summed E-state index contributed by atoms with van der Waals surface area (Å²) in [7, 11) is 0. The Labute approximate surface area is 100 Å². The summed E-state index contributed by atoms with van der Waals surface area (Å²) in [5.41, 5.74) is -0.390. The van der Waals surface area contributed by atoms with Crippen LogP contribution in [0.1, 0.15) is 10.4 Å². The summed E-state index contributed by atoms with van der Waals surface area (Å²) in [5, 5.41) is 0.791. The minimum atomic E-state index is -4.66. The van der Waals surface area contributed by atoms with Crippen LogP contribution in [0, 0.1) is 0 Å². The lowest BCUT2D eigenvalue weighted by Crippen LogP contribution is -2.36. The Morgan fingerprint density at radius 2 is 1.61 bits per heavy atom. The van der Waals surface area contributed by atoms with Crippen LogP contribution in [0.2, 0.25) is 0 Å². The van der Waals surface area contributed by atoms with Crippen molar-refractivity contribution >= 4 is 16.6 Å². The van der Waals surface area contributed by atoms with Crippen molar-refractivity contribution in [2.24, 2.45) is 0 Å². The number of hydrogen-bond donors (Lipinski definition) is 0. The molecule has 0 heterocycles. The molecule has 0 aromatic heterocycles. The molecule has 0 aliphatic rings. The van der Waals surface area contributed by atoms with Gasteiger partial charge in [0.05, 0.1) is 0 Å². The van der Waals surface area contributed by atoms with Crippen LogP contribution in [0.4, 0.5) is 17.6 Å². The first-order chi connectivity index (χ1) is 8.44. The molecule has 0 atom stereocenters. The van der Waals surface area contributed by atoms with Crippen LogP contribution in [0.15, 0.2) is 42.5 Å². The third-order valence-corrected chi connectivity index (χ3v) is 2.61. The lowest BCUT2D eigenvalue weighted by molar-refractivity contribution is -0.0957. The lowest BCUT2D eigenvalue weighted by Gasteiger charge is -2.14. The first-order valence-corrected chi connectivity index (χ1v) is 5.13. The van der Waals surface area contributed by atoms with E-state index in [1.54, 1.807) is 24.3 Å². The zero-order valence-corrected chi connectivity index (χ0v) is 9.04. The highest BCUT2D eigenvalue weighted by Crippen LogP contribution is 2.30. The molecular formula is C13H8F4O. The van der Waals surface area contributed by atoms with Crippen LogP contribution in [-0.2, 0) is 0 Å². The van der Waals surface area contributed by atoms with E-state index in [-0.39, 0.29) is 5.39 Å². The Kier molecular flexibility index (Phi) is 3.07. The van der Waals surface area contributed by atoms with Gasteiger partial charge in [0.1, 0.15) is 0 Å². The first kappa shape index (κ1) is 12.5. The van der Waals surface area contributed by atoms with Gasteiger partial charge in [0, 0.05) is 5.56 Å². The molecule has 0 bridgehead atoms. The van der Waals surface area contributed by atoms with Gasteiger partial charge in [-0.05, 0) is 10.8 Å². The quantitative estimate of drug-likeness (QED) is 0.600. The molecule has 0 fully saturated rings. The molecule has 1 nitrogen and oxygen atoms in total. The average molecular weight is 256 g/mol. The van der Waals surface area contributed by atoms with Gasteiger partial charge in [0.15, 0.2) is 0 Å². The van der Waals surface area contributed by atoms with Gasteiger partial charge in [0.25, 0.3) is 0 Å². The number of Topliss-reactive ketones (excluding diaryl/α,β-unsaturated/α-hetero) is 1. The topological polar surface area (TPSA) is 17.1 Å². The molecule has 0 saturated carbocycles. The fourth-order valence-corrected chi connectivity index (χ4v) is 1.70. The highest BCUT2D eigenvalue weighted by atomic mass is 19.3. The number of rotatable bonds is 3. The molecule has 0 saturated heterocycles. The fraction of sp³-hybridized carbons (Fsp3) is 0.154. The number of halogens is 4. The standard InChI is InChI=1S/C13H8F4O/c14-12(15)13(16,17)11(18)10-7-3-5-8-4-1-2-6-9(8)10/h1-7,12H. The van der Waals surface area contributed by atoms with Crippen LogP contribution in [-0.4, -0.2) is 18.1 Å². The van der Waals surface area contributed by atoms with E-state index in [0.717, 1.165) is 6.07 Å². The summed E-state index contributed by atoms with van der Waals surface area (Å²) >= 11 is 0. The molecule has 0 aliphatic carbocycles. The number of carbonyl (C=O) groups excluding carboxylic acids is 1. The predicted octanol–water partition coefficient (Wildman–Crippen LogP) is 3.92. The van der Waals surface area contributed by atoms with Crippen LogP contribution >= 0.6 is 0 Å². The van der Waals surface area contributed by atoms with E-state index in [0.29, 0.717) is 5.39 Å². The molecule has 0 radical (unpaired) electrons. The zero-order valence-electron chi connectivity index (χ0n) is 9.04. The average Bonchev–Trinajstić information content (AvgIpc) is 2.37. The molecular weight excluding hydrogens is 248 g/mol. The largest absolute Gasteiger partial charge is 0.368 e. The Morgan fingerprint density at radius 3 is 2.28 bits per heavy atom. The maximum atomic E-state index is 13.1. The molecule has 0 N–H and O–H groups in total. The van der Waals surface area contributed by atoms with Crippen molar-refractivity contribution in [3.8, 4) is 0 Å². The van der Waals surface area contributed by atoms with Gasteiger partial charge in [-0.1, -0.05) is 42.5 Å². The number of benzene rings is 2. The van der Waals surface area contributed by atoms with Gasteiger partial charge < -0.3 is 0 Å². The Hall–Kier alpha value is -1.91. The van der Waals surface area contributed by atoms with Crippen molar-refractivity contribution in [1.82, 2.24) is 0 Å². The van der Waals surface area contributed by atoms with Crippen molar-refractivity contribution in [3.05, 3.63) is 48.0 Å². The molecule has 2 rings (SSSR count). The third-order valence-electron chi connectivity index (χ3n) is 2.61. The molecule has 2 aromatic carbocycles. The van der Waals surface area contributed by atoms with E-state index in [4.69, 9.17) is 0 Å². The summed E-state index contributed by atoms with van der Waals surface area (Å²) in [6.07, 6.45) is -4.01. The minimum absolute atomic E-state index is 0.241. The van der Waals surface area contributed by atoms with E-state index >= 15 is 0 Å². The summed E-state index contributed by atoms with van der Waals surface area (Å²) in [4.78, 5) is 11.5. The first-order valence-electron chi connectivity index (χ1n) is 5.13. The van der Waals surface area contributed by atoms with E-state index in [1.165, 1.54) is 12.1 Å². The van der Waals surface area contributed by atoms with Gasteiger partial charge in [-0.2, -0.15) is 8.78 Å². The van der Waals surface area contributed by atoms with Crippen molar-refractivity contribution in [2.75, 3.05) is 0 Å². The molecule has 0 spiro atoms. The number of ketones is 1. The summed E-state index contributed by atoms with van der Waals surface area (Å²) in [6.45, 7) is 0. The van der Waals surface area contributed by atoms with Gasteiger partial charge >= 0.3 is 12.3 Å². The van der Waals surface area contributed by atoms with Gasteiger partial charge in [-0.25, -0.2) is 8.78 Å². The lowest BCUT2D eigenvalue weighted by atomic mass is 9.98. The van der Waals surface area contributed by atoms with Gasteiger partial charge in [0.2, 0.25) is 5.78 Å². The zero-order chi connectivity index (χ0) is 13.3. The maximum absolute atomic E-state index is 13.1. The second-order valence-electron chi connectivity index (χ2n) is 3.78. The molecule has 18 heavy (non-hydrogen) atoms. The smallest absolute Gasteiger partial charge is 0.287 e. The Balaban J connectivity index is 2.59. The van der Waals surface area contributed by atoms with Gasteiger partial charge in [-0.3, -0.25) is 4.79 Å². The normalized spacial score (nSPS) is 12.1. The maximum Gasteiger partial charge on any atom is 0.368 e. The number of carbonyl (C=O) groups is 1. The highest BCUT2D eigenvalue weighted by Gasteiger charge is 2.49. The molecule has 2 aromatic rings. The molecule has 5 heteroatoms. The van der Waals surface area contributed by atoms with Gasteiger partial charge in [-0.15, -0.1) is 0 Å². The van der Waals surface area contributed by atoms with Crippen LogP contribution < -0.4 is 0 Å². The predicted molar refractivity (Wildman–Crippen MR) is 59.2 cm³/mol. The van der Waals surface area contributed by atoms with Crippen molar-refractivity contribution in [2.45, 2.75) is 12.3 Å². The van der Waals surface area contributed by atoms with Crippen molar-refractivity contribution in [3.63, 3.8) is 0 Å². The van der Waals surface area contributed by atoms with Crippen LogP contribution in [0.5, 0.6) is 0 Å².